The molecule has 1 spiro atoms. The van der Waals surface area contributed by atoms with E-state index in [0.717, 1.165) is 49.7 Å². The number of hydrogen-bond acceptors (Lipinski definition) is 5. The SMILES string of the molecule is CCCc1cnc2c(c1)[C@@H](NC[C@H](O)[C@H](Cc1ccc(F)cc1)NC(C)=O)CC1(CCC1)O2. The third-order valence-corrected chi connectivity index (χ3v) is 6.80. The summed E-state index contributed by atoms with van der Waals surface area (Å²) in [7, 11) is 0. The average molecular weight is 456 g/mol. The molecule has 2 aromatic rings. The van der Waals surface area contributed by atoms with Gasteiger partial charge in [-0.2, -0.15) is 0 Å². The molecule has 1 aliphatic carbocycles. The monoisotopic (exact) mass is 455 g/mol. The number of carbonyl (C=O) groups is 1. The summed E-state index contributed by atoms with van der Waals surface area (Å²) in [5.41, 5.74) is 2.91. The lowest BCUT2D eigenvalue weighted by atomic mass is 9.73. The molecular weight excluding hydrogens is 421 g/mol. The normalized spacial score (nSPS) is 20.3. The first kappa shape index (κ1) is 23.6. The summed E-state index contributed by atoms with van der Waals surface area (Å²) in [4.78, 5) is 16.4. The topological polar surface area (TPSA) is 83.5 Å². The Bertz CT molecular complexity index is 962. The summed E-state index contributed by atoms with van der Waals surface area (Å²) in [6.45, 7) is 3.90. The summed E-state index contributed by atoms with van der Waals surface area (Å²) in [5, 5.41) is 17.4. The van der Waals surface area contributed by atoms with Gasteiger partial charge in [0.1, 0.15) is 11.4 Å². The fraction of sp³-hybridized carbons (Fsp3) is 0.538. The molecule has 1 aromatic carbocycles. The molecule has 2 aliphatic rings. The number of aromatic nitrogens is 1. The van der Waals surface area contributed by atoms with Crippen LogP contribution < -0.4 is 15.4 Å². The second kappa shape index (κ2) is 10.2. The molecule has 2 heterocycles. The predicted molar refractivity (Wildman–Crippen MR) is 125 cm³/mol. The first-order valence-electron chi connectivity index (χ1n) is 12.0. The highest BCUT2D eigenvalue weighted by Gasteiger charge is 2.46. The molecule has 33 heavy (non-hydrogen) atoms. The maximum absolute atomic E-state index is 13.3. The number of aliphatic hydroxyl groups excluding tert-OH is 1. The predicted octanol–water partition coefficient (Wildman–Crippen LogP) is 3.62. The standard InChI is InChI=1S/C26H34FN3O3/c1-3-5-19-12-21-23(14-26(10-4-11-26)33-25(21)29-15-19)28-16-24(32)22(30-17(2)31)13-18-6-8-20(27)9-7-18/h6-9,12,15,22-24,28,32H,3-5,10-11,13-14,16H2,1-2H3,(H,30,31)/t22-,23-,24-/m0/s1. The molecule has 6 nitrogen and oxygen atoms in total. The summed E-state index contributed by atoms with van der Waals surface area (Å²) < 4.78 is 19.6. The molecule has 3 atom stereocenters. The molecule has 1 aromatic heterocycles. The summed E-state index contributed by atoms with van der Waals surface area (Å²) in [6.07, 6.45) is 7.55. The van der Waals surface area contributed by atoms with E-state index in [1.807, 2.05) is 6.20 Å². The molecular formula is C26H34FN3O3. The van der Waals surface area contributed by atoms with Crippen molar-refractivity contribution in [2.24, 2.45) is 0 Å². The Morgan fingerprint density at radius 3 is 2.70 bits per heavy atom. The number of halogens is 1. The van der Waals surface area contributed by atoms with E-state index in [9.17, 15) is 14.3 Å². The van der Waals surface area contributed by atoms with E-state index in [0.29, 0.717) is 18.8 Å². The largest absolute Gasteiger partial charge is 0.471 e. The Morgan fingerprint density at radius 1 is 1.30 bits per heavy atom. The quantitative estimate of drug-likeness (QED) is 0.538. The van der Waals surface area contributed by atoms with Gasteiger partial charge in [-0.25, -0.2) is 9.37 Å². The fourth-order valence-electron chi connectivity index (χ4n) is 4.89. The van der Waals surface area contributed by atoms with Crippen LogP contribution in [0, 0.1) is 5.82 Å². The molecule has 3 N–H and O–H groups in total. The molecule has 1 amide bonds. The van der Waals surface area contributed by atoms with Gasteiger partial charge in [-0.15, -0.1) is 0 Å². The Balaban J connectivity index is 1.47. The third kappa shape index (κ3) is 5.71. The van der Waals surface area contributed by atoms with Gasteiger partial charge in [0.25, 0.3) is 0 Å². The highest BCUT2D eigenvalue weighted by molar-refractivity contribution is 5.73. The van der Waals surface area contributed by atoms with Crippen molar-refractivity contribution < 1.29 is 19.0 Å². The van der Waals surface area contributed by atoms with Gasteiger partial charge in [0.05, 0.1) is 12.1 Å². The highest BCUT2D eigenvalue weighted by Crippen LogP contribution is 2.48. The fourth-order valence-corrected chi connectivity index (χ4v) is 4.89. The van der Waals surface area contributed by atoms with Gasteiger partial charge in [-0.1, -0.05) is 25.5 Å². The molecule has 0 unspecified atom stereocenters. The molecule has 4 rings (SSSR count). The number of hydrogen-bond donors (Lipinski definition) is 3. The molecule has 178 valence electrons. The van der Waals surface area contributed by atoms with Crippen molar-refractivity contribution >= 4 is 5.91 Å². The molecule has 0 radical (unpaired) electrons. The number of fused-ring (bicyclic) bond motifs is 1. The minimum absolute atomic E-state index is 0.0248. The van der Waals surface area contributed by atoms with Gasteiger partial charge < -0.3 is 20.5 Å². The zero-order chi connectivity index (χ0) is 23.4. The van der Waals surface area contributed by atoms with Crippen LogP contribution >= 0.6 is 0 Å². The smallest absolute Gasteiger partial charge is 0.218 e. The minimum atomic E-state index is -0.811. The molecule has 1 fully saturated rings. The van der Waals surface area contributed by atoms with Crippen molar-refractivity contribution in [1.29, 1.82) is 0 Å². The number of pyridine rings is 1. The van der Waals surface area contributed by atoms with Gasteiger partial charge in [0.15, 0.2) is 0 Å². The van der Waals surface area contributed by atoms with E-state index in [-0.39, 0.29) is 23.4 Å². The van der Waals surface area contributed by atoms with Gasteiger partial charge in [0, 0.05) is 37.7 Å². The maximum Gasteiger partial charge on any atom is 0.218 e. The zero-order valence-corrected chi connectivity index (χ0v) is 19.4. The van der Waals surface area contributed by atoms with Crippen LogP contribution in [0.5, 0.6) is 5.88 Å². The van der Waals surface area contributed by atoms with Crippen LogP contribution in [0.2, 0.25) is 0 Å². The lowest BCUT2D eigenvalue weighted by Gasteiger charge is -2.47. The van der Waals surface area contributed by atoms with Crippen LogP contribution in [0.1, 0.15) is 68.7 Å². The number of carbonyl (C=O) groups excluding carboxylic acids is 1. The van der Waals surface area contributed by atoms with E-state index < -0.39 is 12.1 Å². The summed E-state index contributed by atoms with van der Waals surface area (Å²) in [6, 6.07) is 7.86. The van der Waals surface area contributed by atoms with Crippen molar-refractivity contribution in [3.63, 3.8) is 0 Å². The Labute approximate surface area is 195 Å². The van der Waals surface area contributed by atoms with Crippen LogP contribution in [0.15, 0.2) is 36.5 Å². The van der Waals surface area contributed by atoms with Crippen LogP contribution in [-0.2, 0) is 17.6 Å². The van der Waals surface area contributed by atoms with Crippen molar-refractivity contribution in [3.8, 4) is 5.88 Å². The summed E-state index contributed by atoms with van der Waals surface area (Å²) in [5.74, 6) is 0.174. The van der Waals surface area contributed by atoms with E-state index in [1.165, 1.54) is 24.6 Å². The number of aliphatic hydroxyl groups is 1. The van der Waals surface area contributed by atoms with Gasteiger partial charge in [-0.3, -0.25) is 4.79 Å². The number of benzene rings is 1. The molecule has 0 bridgehead atoms. The van der Waals surface area contributed by atoms with Crippen LogP contribution in [0.3, 0.4) is 0 Å². The number of nitrogens with zero attached hydrogens (tertiary/aromatic N) is 1. The van der Waals surface area contributed by atoms with Gasteiger partial charge >= 0.3 is 0 Å². The minimum Gasteiger partial charge on any atom is -0.471 e. The third-order valence-electron chi connectivity index (χ3n) is 6.80. The number of aryl methyl sites for hydroxylation is 1. The Morgan fingerprint density at radius 2 is 2.06 bits per heavy atom. The first-order chi connectivity index (χ1) is 15.9. The lowest BCUT2D eigenvalue weighted by molar-refractivity contribution is -0.120. The van der Waals surface area contributed by atoms with Crippen LogP contribution in [-0.4, -0.2) is 40.3 Å². The number of ether oxygens (including phenoxy) is 1. The van der Waals surface area contributed by atoms with Crippen molar-refractivity contribution in [1.82, 2.24) is 15.6 Å². The molecule has 1 aliphatic heterocycles. The first-order valence-corrected chi connectivity index (χ1v) is 12.0. The average Bonchev–Trinajstić information content (AvgIpc) is 2.77. The zero-order valence-electron chi connectivity index (χ0n) is 19.4. The van der Waals surface area contributed by atoms with Crippen LogP contribution in [0.25, 0.3) is 0 Å². The number of nitrogens with one attached hydrogen (secondary N) is 2. The Kier molecular flexibility index (Phi) is 7.29. The van der Waals surface area contributed by atoms with E-state index in [4.69, 9.17) is 4.74 Å². The van der Waals surface area contributed by atoms with Crippen molar-refractivity contribution in [2.75, 3.05) is 6.54 Å². The van der Waals surface area contributed by atoms with Crippen molar-refractivity contribution in [2.45, 2.75) is 82.6 Å². The lowest BCUT2D eigenvalue weighted by Crippen LogP contribution is -2.52. The molecule has 0 saturated heterocycles. The van der Waals surface area contributed by atoms with Crippen LogP contribution in [0.4, 0.5) is 4.39 Å². The number of amides is 1. The highest BCUT2D eigenvalue weighted by atomic mass is 19.1. The molecule has 1 saturated carbocycles. The van der Waals surface area contributed by atoms with Gasteiger partial charge in [0.2, 0.25) is 11.8 Å². The van der Waals surface area contributed by atoms with Gasteiger partial charge in [-0.05, 0) is 61.4 Å². The van der Waals surface area contributed by atoms with Crippen molar-refractivity contribution in [3.05, 3.63) is 59.0 Å². The second-order valence-electron chi connectivity index (χ2n) is 9.50. The van der Waals surface area contributed by atoms with E-state index in [2.05, 4.69) is 28.6 Å². The summed E-state index contributed by atoms with van der Waals surface area (Å²) >= 11 is 0. The maximum atomic E-state index is 13.3. The van der Waals surface area contributed by atoms with E-state index in [1.54, 1.807) is 12.1 Å². The van der Waals surface area contributed by atoms with E-state index >= 15 is 0 Å². The number of rotatable bonds is 9. The second-order valence-corrected chi connectivity index (χ2v) is 9.50. The molecule has 7 heteroatoms. The Hall–Kier alpha value is -2.51.